The van der Waals surface area contributed by atoms with Crippen LogP contribution >= 0.6 is 11.3 Å². The van der Waals surface area contributed by atoms with Gasteiger partial charge in [0.25, 0.3) is 0 Å². The van der Waals surface area contributed by atoms with E-state index < -0.39 is 0 Å². The van der Waals surface area contributed by atoms with Gasteiger partial charge in [-0.1, -0.05) is 19.1 Å². The van der Waals surface area contributed by atoms with Gasteiger partial charge in [-0.2, -0.15) is 0 Å². The summed E-state index contributed by atoms with van der Waals surface area (Å²) in [5, 5.41) is 0. The molecule has 116 valence electrons. The van der Waals surface area contributed by atoms with E-state index in [1.807, 2.05) is 23.1 Å². The van der Waals surface area contributed by atoms with Gasteiger partial charge in [0, 0.05) is 16.3 Å². The van der Waals surface area contributed by atoms with Gasteiger partial charge >= 0.3 is 0 Å². The van der Waals surface area contributed by atoms with E-state index in [-0.39, 0.29) is 5.91 Å². The number of nitrogens with zero attached hydrogens (tertiary/aromatic N) is 1. The molecule has 22 heavy (non-hydrogen) atoms. The number of para-hydroxylation sites is 1. The Labute approximate surface area is 135 Å². The highest BCUT2D eigenvalue weighted by Gasteiger charge is 2.29. The molecule has 3 nitrogen and oxygen atoms in total. The predicted octanol–water partition coefficient (Wildman–Crippen LogP) is 4.15. The lowest BCUT2D eigenvalue weighted by Gasteiger charge is -2.34. The first kappa shape index (κ1) is 15.1. The Morgan fingerprint density at radius 3 is 2.86 bits per heavy atom. The highest BCUT2D eigenvalue weighted by atomic mass is 32.1. The molecule has 0 fully saturated rings. The van der Waals surface area contributed by atoms with Crippen LogP contribution in [0.1, 0.15) is 34.6 Å². The second-order valence-electron chi connectivity index (χ2n) is 5.82. The van der Waals surface area contributed by atoms with Crippen LogP contribution in [0.2, 0.25) is 0 Å². The lowest BCUT2D eigenvalue weighted by atomic mass is 9.91. The van der Waals surface area contributed by atoms with Crippen molar-refractivity contribution < 1.29 is 9.53 Å². The Bertz CT molecular complexity index is 692. The van der Waals surface area contributed by atoms with E-state index in [1.165, 1.54) is 10.4 Å². The van der Waals surface area contributed by atoms with Crippen LogP contribution in [-0.2, 0) is 11.2 Å². The smallest absolute Gasteiger partial charge is 0.232 e. The maximum Gasteiger partial charge on any atom is 0.232 e. The fourth-order valence-corrected chi connectivity index (χ4v) is 3.94. The molecule has 0 spiro atoms. The van der Waals surface area contributed by atoms with Crippen molar-refractivity contribution in [2.24, 2.45) is 0 Å². The molecular formula is C18H21NO2S. The number of anilines is 1. The second kappa shape index (κ2) is 6.13. The number of hydrogen-bond acceptors (Lipinski definition) is 3. The van der Waals surface area contributed by atoms with Gasteiger partial charge in [-0.15, -0.1) is 11.3 Å². The largest absolute Gasteiger partial charge is 0.495 e. The van der Waals surface area contributed by atoms with Crippen molar-refractivity contribution in [1.29, 1.82) is 0 Å². The number of fused-ring (bicyclic) bond motifs is 1. The summed E-state index contributed by atoms with van der Waals surface area (Å²) in [6, 6.07) is 10.2. The lowest BCUT2D eigenvalue weighted by molar-refractivity contribution is -0.118. The number of rotatable bonds is 3. The summed E-state index contributed by atoms with van der Waals surface area (Å²) in [6.07, 6.45) is 1.46. The van der Waals surface area contributed by atoms with Gasteiger partial charge < -0.3 is 9.64 Å². The molecule has 0 radical (unpaired) electrons. The molecule has 1 aromatic carbocycles. The molecule has 2 heterocycles. The predicted molar refractivity (Wildman–Crippen MR) is 91.1 cm³/mol. The van der Waals surface area contributed by atoms with Crippen molar-refractivity contribution >= 4 is 22.9 Å². The first-order valence-electron chi connectivity index (χ1n) is 7.62. The zero-order chi connectivity index (χ0) is 15.7. The maximum absolute atomic E-state index is 12.8. The molecule has 1 aliphatic heterocycles. The van der Waals surface area contributed by atoms with Gasteiger partial charge in [0.2, 0.25) is 5.91 Å². The zero-order valence-corrected chi connectivity index (χ0v) is 14.1. The molecule has 1 unspecified atom stereocenters. The summed E-state index contributed by atoms with van der Waals surface area (Å²) in [5.74, 6) is 1.40. The van der Waals surface area contributed by atoms with Crippen LogP contribution in [0.25, 0.3) is 0 Å². The van der Waals surface area contributed by atoms with E-state index in [4.69, 9.17) is 4.74 Å². The van der Waals surface area contributed by atoms with Gasteiger partial charge in [-0.05, 0) is 43.0 Å². The van der Waals surface area contributed by atoms with Crippen LogP contribution in [0.15, 0.2) is 30.3 Å². The molecule has 4 heteroatoms. The number of thiophene rings is 1. The first-order chi connectivity index (χ1) is 10.6. The van der Waals surface area contributed by atoms with Gasteiger partial charge in [-0.3, -0.25) is 4.79 Å². The summed E-state index contributed by atoms with van der Waals surface area (Å²) >= 11 is 1.69. The molecule has 0 aliphatic carbocycles. The van der Waals surface area contributed by atoms with Crippen LogP contribution in [-0.4, -0.2) is 19.6 Å². The average Bonchev–Trinajstić information content (AvgIpc) is 2.92. The molecule has 1 atom stereocenters. The number of hydrogen-bond donors (Lipinski definition) is 0. The number of aryl methyl sites for hydroxylation is 1. The SMILES string of the molecule is COc1cccc2c1N(C(=O)Cc1ccc(C)s1)CCC2C. The van der Waals surface area contributed by atoms with Gasteiger partial charge in [0.1, 0.15) is 5.75 Å². The molecule has 1 amide bonds. The van der Waals surface area contributed by atoms with Crippen molar-refractivity contribution in [2.45, 2.75) is 32.6 Å². The van der Waals surface area contributed by atoms with Crippen molar-refractivity contribution in [3.8, 4) is 5.75 Å². The average molecular weight is 315 g/mol. The van der Waals surface area contributed by atoms with Crippen molar-refractivity contribution in [3.63, 3.8) is 0 Å². The monoisotopic (exact) mass is 315 g/mol. The highest BCUT2D eigenvalue weighted by molar-refractivity contribution is 7.12. The molecule has 2 aromatic rings. The summed E-state index contributed by atoms with van der Waals surface area (Å²) in [4.78, 5) is 17.1. The van der Waals surface area contributed by atoms with Gasteiger partial charge in [-0.25, -0.2) is 0 Å². The lowest BCUT2D eigenvalue weighted by Crippen LogP contribution is -2.37. The Balaban J connectivity index is 1.92. The summed E-state index contributed by atoms with van der Waals surface area (Å²) < 4.78 is 5.50. The topological polar surface area (TPSA) is 29.5 Å². The zero-order valence-electron chi connectivity index (χ0n) is 13.3. The number of benzene rings is 1. The minimum absolute atomic E-state index is 0.152. The third-order valence-electron chi connectivity index (χ3n) is 4.26. The van der Waals surface area contributed by atoms with E-state index in [1.54, 1.807) is 18.4 Å². The Hall–Kier alpha value is -1.81. The Morgan fingerprint density at radius 1 is 1.36 bits per heavy atom. The molecule has 0 bridgehead atoms. The normalized spacial score (nSPS) is 17.2. The Morgan fingerprint density at radius 2 is 2.18 bits per heavy atom. The van der Waals surface area contributed by atoms with Crippen LogP contribution in [0, 0.1) is 6.92 Å². The molecule has 0 saturated heterocycles. The Kier molecular flexibility index (Phi) is 4.21. The van der Waals surface area contributed by atoms with Crippen molar-refractivity contribution in [3.05, 3.63) is 45.6 Å². The van der Waals surface area contributed by atoms with E-state index in [0.717, 1.165) is 29.3 Å². The number of ether oxygens (including phenoxy) is 1. The molecule has 1 aromatic heterocycles. The number of carbonyl (C=O) groups is 1. The second-order valence-corrected chi connectivity index (χ2v) is 7.19. The summed E-state index contributed by atoms with van der Waals surface area (Å²) in [6.45, 7) is 5.04. The van der Waals surface area contributed by atoms with Crippen LogP contribution in [0.5, 0.6) is 5.75 Å². The maximum atomic E-state index is 12.8. The quantitative estimate of drug-likeness (QED) is 0.851. The van der Waals surface area contributed by atoms with E-state index >= 15 is 0 Å². The van der Waals surface area contributed by atoms with Crippen LogP contribution in [0.3, 0.4) is 0 Å². The fraction of sp³-hybridized carbons (Fsp3) is 0.389. The third-order valence-corrected chi connectivity index (χ3v) is 5.26. The van der Waals surface area contributed by atoms with Crippen molar-refractivity contribution in [1.82, 2.24) is 0 Å². The molecule has 1 aliphatic rings. The van der Waals surface area contributed by atoms with Gasteiger partial charge in [0.05, 0.1) is 19.2 Å². The van der Waals surface area contributed by atoms with Gasteiger partial charge in [0.15, 0.2) is 0 Å². The summed E-state index contributed by atoms with van der Waals surface area (Å²) in [5.41, 5.74) is 2.17. The first-order valence-corrected chi connectivity index (χ1v) is 8.44. The standard InChI is InChI=1S/C18H21NO2S/c1-12-9-10-19(17(20)11-14-8-7-13(2)22-14)18-15(12)5-4-6-16(18)21-3/h4-8,12H,9-11H2,1-3H3. The summed E-state index contributed by atoms with van der Waals surface area (Å²) in [7, 11) is 1.67. The van der Waals surface area contributed by atoms with Crippen LogP contribution in [0.4, 0.5) is 5.69 Å². The van der Waals surface area contributed by atoms with Crippen molar-refractivity contribution in [2.75, 3.05) is 18.6 Å². The van der Waals surface area contributed by atoms with E-state index in [0.29, 0.717) is 12.3 Å². The highest BCUT2D eigenvalue weighted by Crippen LogP contribution is 2.41. The number of methoxy groups -OCH3 is 1. The minimum Gasteiger partial charge on any atom is -0.495 e. The third kappa shape index (κ3) is 2.75. The van der Waals surface area contributed by atoms with E-state index in [2.05, 4.69) is 26.0 Å². The fourth-order valence-electron chi connectivity index (χ4n) is 3.05. The molecular weight excluding hydrogens is 294 g/mol. The van der Waals surface area contributed by atoms with E-state index in [9.17, 15) is 4.79 Å². The van der Waals surface area contributed by atoms with Crippen LogP contribution < -0.4 is 9.64 Å². The number of carbonyl (C=O) groups excluding carboxylic acids is 1. The molecule has 3 rings (SSSR count). The number of amides is 1. The minimum atomic E-state index is 0.152. The molecule has 0 saturated carbocycles. The molecule has 0 N–H and O–H groups in total.